The van der Waals surface area contributed by atoms with Crippen LogP contribution >= 0.6 is 0 Å². The molecule has 7 heteroatoms. The van der Waals surface area contributed by atoms with E-state index in [1.54, 1.807) is 7.11 Å². The number of piperidine rings is 1. The van der Waals surface area contributed by atoms with Gasteiger partial charge in [0.1, 0.15) is 5.75 Å². The first-order chi connectivity index (χ1) is 13.0. The van der Waals surface area contributed by atoms with Crippen molar-refractivity contribution in [3.8, 4) is 5.75 Å². The molecule has 27 heavy (non-hydrogen) atoms. The number of guanidine groups is 1. The molecule has 7 nitrogen and oxygen atoms in total. The minimum Gasteiger partial charge on any atom is -0.496 e. The number of hydrogen-bond acceptors (Lipinski definition) is 4. The van der Waals surface area contributed by atoms with Crippen LogP contribution in [-0.4, -0.2) is 56.0 Å². The second-order valence-corrected chi connectivity index (χ2v) is 6.55. The summed E-state index contributed by atoms with van der Waals surface area (Å²) in [5.74, 6) is 1.39. The lowest BCUT2D eigenvalue weighted by atomic mass is 10.1. The lowest BCUT2D eigenvalue weighted by molar-refractivity contribution is -0.147. The van der Waals surface area contributed by atoms with E-state index in [0.717, 1.165) is 24.3 Å². The van der Waals surface area contributed by atoms with Crippen molar-refractivity contribution >= 4 is 17.8 Å². The van der Waals surface area contributed by atoms with Gasteiger partial charge < -0.3 is 15.4 Å². The highest BCUT2D eigenvalue weighted by Crippen LogP contribution is 2.20. The fourth-order valence-corrected chi connectivity index (χ4v) is 3.07. The molecular formula is C20H30N4O3. The molecule has 0 atom stereocenters. The van der Waals surface area contributed by atoms with Crippen LogP contribution in [0.1, 0.15) is 37.3 Å². The van der Waals surface area contributed by atoms with Crippen LogP contribution in [0.2, 0.25) is 0 Å². The van der Waals surface area contributed by atoms with Crippen LogP contribution in [-0.2, 0) is 16.0 Å². The molecule has 2 N–H and O–H groups in total. The van der Waals surface area contributed by atoms with E-state index < -0.39 is 0 Å². The van der Waals surface area contributed by atoms with Crippen molar-refractivity contribution in [1.82, 2.24) is 15.5 Å². The summed E-state index contributed by atoms with van der Waals surface area (Å²) in [6.45, 7) is 6.25. The molecule has 1 fully saturated rings. The van der Waals surface area contributed by atoms with Gasteiger partial charge in [-0.05, 0) is 38.3 Å². The molecule has 2 amide bonds. The third-order valence-electron chi connectivity index (χ3n) is 4.44. The Morgan fingerprint density at radius 1 is 1.22 bits per heavy atom. The van der Waals surface area contributed by atoms with E-state index in [9.17, 15) is 9.59 Å². The number of aryl methyl sites for hydroxylation is 1. The smallest absolute Gasteiger partial charge is 0.229 e. The molecule has 2 rings (SSSR count). The van der Waals surface area contributed by atoms with Crippen LogP contribution in [0.15, 0.2) is 23.2 Å². The fraction of sp³-hybridized carbons (Fsp3) is 0.550. The number of aliphatic imine (C=N–C) groups is 1. The summed E-state index contributed by atoms with van der Waals surface area (Å²) in [5.41, 5.74) is 2.32. The fourth-order valence-electron chi connectivity index (χ4n) is 3.07. The number of ether oxygens (including phenoxy) is 1. The summed E-state index contributed by atoms with van der Waals surface area (Å²) in [6.07, 6.45) is 2.34. The molecular weight excluding hydrogens is 344 g/mol. The van der Waals surface area contributed by atoms with Gasteiger partial charge >= 0.3 is 0 Å². The molecule has 0 spiro atoms. The second kappa shape index (κ2) is 10.5. The van der Waals surface area contributed by atoms with Gasteiger partial charge in [-0.2, -0.15) is 0 Å². The largest absolute Gasteiger partial charge is 0.496 e. The van der Waals surface area contributed by atoms with Gasteiger partial charge in [-0.15, -0.1) is 0 Å². The SMILES string of the molecule is CCNC(=NCCc1cc(C)ccc1OC)NCCN1C(=O)CCCC1=O. The minimum absolute atomic E-state index is 0.0819. The van der Waals surface area contributed by atoms with E-state index in [4.69, 9.17) is 4.74 Å². The Hall–Kier alpha value is -2.57. The molecule has 0 aromatic heterocycles. The van der Waals surface area contributed by atoms with Crippen LogP contribution in [0.25, 0.3) is 0 Å². The van der Waals surface area contributed by atoms with Gasteiger partial charge in [-0.1, -0.05) is 17.7 Å². The lowest BCUT2D eigenvalue weighted by Crippen LogP contribution is -2.46. The highest BCUT2D eigenvalue weighted by atomic mass is 16.5. The molecule has 0 bridgehead atoms. The maximum absolute atomic E-state index is 11.8. The molecule has 0 saturated carbocycles. The van der Waals surface area contributed by atoms with Gasteiger partial charge in [-0.25, -0.2) is 0 Å². The minimum atomic E-state index is -0.0819. The Kier molecular flexibility index (Phi) is 8.10. The number of methoxy groups -OCH3 is 1. The van der Waals surface area contributed by atoms with Crippen molar-refractivity contribution < 1.29 is 14.3 Å². The van der Waals surface area contributed by atoms with Gasteiger partial charge in [0.2, 0.25) is 11.8 Å². The predicted octanol–water partition coefficient (Wildman–Crippen LogP) is 1.64. The number of likely N-dealkylation sites (tertiary alicyclic amines) is 1. The van der Waals surface area contributed by atoms with Crippen molar-refractivity contribution in [2.45, 2.75) is 39.5 Å². The Labute approximate surface area is 161 Å². The number of benzene rings is 1. The summed E-state index contributed by atoms with van der Waals surface area (Å²) in [5, 5.41) is 6.39. The molecule has 1 aromatic carbocycles. The zero-order valence-corrected chi connectivity index (χ0v) is 16.5. The highest BCUT2D eigenvalue weighted by molar-refractivity contribution is 5.97. The Morgan fingerprint density at radius 3 is 2.63 bits per heavy atom. The van der Waals surface area contributed by atoms with E-state index in [1.165, 1.54) is 10.5 Å². The quantitative estimate of drug-likeness (QED) is 0.411. The van der Waals surface area contributed by atoms with Crippen molar-refractivity contribution in [1.29, 1.82) is 0 Å². The van der Waals surface area contributed by atoms with E-state index in [1.807, 2.05) is 19.1 Å². The van der Waals surface area contributed by atoms with E-state index >= 15 is 0 Å². The summed E-state index contributed by atoms with van der Waals surface area (Å²) in [7, 11) is 1.67. The maximum Gasteiger partial charge on any atom is 0.229 e. The predicted molar refractivity (Wildman–Crippen MR) is 106 cm³/mol. The Balaban J connectivity index is 1.87. The summed E-state index contributed by atoms with van der Waals surface area (Å²) >= 11 is 0. The first-order valence-corrected chi connectivity index (χ1v) is 9.54. The third-order valence-corrected chi connectivity index (χ3v) is 4.44. The molecule has 1 aliphatic heterocycles. The summed E-state index contributed by atoms with van der Waals surface area (Å²) < 4.78 is 5.41. The number of amides is 2. The average Bonchev–Trinajstić information content (AvgIpc) is 2.64. The average molecular weight is 374 g/mol. The van der Waals surface area contributed by atoms with E-state index in [0.29, 0.717) is 44.9 Å². The molecule has 0 aliphatic carbocycles. The maximum atomic E-state index is 11.8. The molecule has 1 saturated heterocycles. The van der Waals surface area contributed by atoms with Gasteiger partial charge in [0, 0.05) is 39.0 Å². The molecule has 0 unspecified atom stereocenters. The standard InChI is InChI=1S/C20H30N4O3/c1-4-21-20(23-12-13-24-18(25)6-5-7-19(24)26)22-11-10-16-14-15(2)8-9-17(16)27-3/h8-9,14H,4-7,10-13H2,1-3H3,(H2,21,22,23). The molecule has 1 aliphatic rings. The number of nitrogens with zero attached hydrogens (tertiary/aromatic N) is 2. The second-order valence-electron chi connectivity index (χ2n) is 6.55. The van der Waals surface area contributed by atoms with Crippen LogP contribution in [0.4, 0.5) is 0 Å². The monoisotopic (exact) mass is 374 g/mol. The molecule has 1 aromatic rings. The van der Waals surface area contributed by atoms with Crippen LogP contribution in [0, 0.1) is 6.92 Å². The number of carbonyl (C=O) groups excluding carboxylic acids is 2. The third kappa shape index (κ3) is 6.27. The van der Waals surface area contributed by atoms with Gasteiger partial charge in [-0.3, -0.25) is 19.5 Å². The molecule has 1 heterocycles. The number of imide groups is 1. The van der Waals surface area contributed by atoms with Crippen molar-refractivity contribution in [2.24, 2.45) is 4.99 Å². The van der Waals surface area contributed by atoms with Crippen molar-refractivity contribution in [3.63, 3.8) is 0 Å². The normalized spacial score (nSPS) is 15.1. The zero-order valence-electron chi connectivity index (χ0n) is 16.5. The Bertz CT molecular complexity index is 672. The van der Waals surface area contributed by atoms with Crippen molar-refractivity contribution in [2.75, 3.05) is 33.3 Å². The van der Waals surface area contributed by atoms with Crippen LogP contribution < -0.4 is 15.4 Å². The van der Waals surface area contributed by atoms with Crippen LogP contribution in [0.3, 0.4) is 0 Å². The van der Waals surface area contributed by atoms with Gasteiger partial charge in [0.05, 0.1) is 7.11 Å². The first-order valence-electron chi connectivity index (χ1n) is 9.54. The summed E-state index contributed by atoms with van der Waals surface area (Å²) in [6, 6.07) is 6.12. The first kappa shape index (κ1) is 20.7. The molecule has 0 radical (unpaired) electrons. The number of rotatable bonds is 8. The lowest BCUT2D eigenvalue weighted by Gasteiger charge is -2.25. The van der Waals surface area contributed by atoms with Gasteiger partial charge in [0.25, 0.3) is 0 Å². The number of nitrogens with one attached hydrogen (secondary N) is 2. The zero-order chi connectivity index (χ0) is 19.6. The van der Waals surface area contributed by atoms with Gasteiger partial charge in [0.15, 0.2) is 5.96 Å². The highest BCUT2D eigenvalue weighted by Gasteiger charge is 2.25. The Morgan fingerprint density at radius 2 is 1.96 bits per heavy atom. The van der Waals surface area contributed by atoms with E-state index in [-0.39, 0.29) is 11.8 Å². The number of carbonyl (C=O) groups is 2. The summed E-state index contributed by atoms with van der Waals surface area (Å²) in [4.78, 5) is 29.6. The van der Waals surface area contributed by atoms with Crippen molar-refractivity contribution in [3.05, 3.63) is 29.3 Å². The van der Waals surface area contributed by atoms with E-state index in [2.05, 4.69) is 28.6 Å². The molecule has 148 valence electrons. The number of hydrogen-bond donors (Lipinski definition) is 2. The topological polar surface area (TPSA) is 83.0 Å². The van der Waals surface area contributed by atoms with Crippen LogP contribution in [0.5, 0.6) is 5.75 Å².